The molecule has 2 aromatic rings. The van der Waals surface area contributed by atoms with Crippen molar-refractivity contribution in [2.24, 2.45) is 5.73 Å². The summed E-state index contributed by atoms with van der Waals surface area (Å²) >= 11 is 0. The fraction of sp³-hybridized carbons (Fsp3) is 0.294. The third kappa shape index (κ3) is 3.36. The highest BCUT2D eigenvalue weighted by Gasteiger charge is 2.04. The average molecular weight is 255 g/mol. The number of rotatable bonds is 4. The van der Waals surface area contributed by atoms with Crippen LogP contribution in [0, 0.1) is 6.92 Å². The molecule has 0 unspecified atom stereocenters. The summed E-state index contributed by atoms with van der Waals surface area (Å²) in [6.45, 7) is 6.75. The fourth-order valence-electron chi connectivity index (χ4n) is 2.09. The van der Waals surface area contributed by atoms with Crippen LogP contribution < -0.4 is 10.5 Å². The first-order valence-electron chi connectivity index (χ1n) is 6.67. The molecule has 0 heterocycles. The lowest BCUT2D eigenvalue weighted by Crippen LogP contribution is -2.05. The van der Waals surface area contributed by atoms with Gasteiger partial charge in [0.1, 0.15) is 5.75 Å². The minimum absolute atomic E-state index is 0.202. The van der Waals surface area contributed by atoms with Crippen LogP contribution in [0.25, 0.3) is 11.1 Å². The standard InChI is InChI=1S/C17H21NO/c1-12(2)19-16-8-6-15(7-9-16)17-10-14(11-18)5-4-13(17)3/h4-10,12H,11,18H2,1-3H3. The van der Waals surface area contributed by atoms with Gasteiger partial charge in [0.2, 0.25) is 0 Å². The van der Waals surface area contributed by atoms with Gasteiger partial charge in [0.05, 0.1) is 6.10 Å². The van der Waals surface area contributed by atoms with E-state index < -0.39 is 0 Å². The minimum atomic E-state index is 0.202. The summed E-state index contributed by atoms with van der Waals surface area (Å²) in [7, 11) is 0. The Bertz CT molecular complexity index is 544. The van der Waals surface area contributed by atoms with E-state index in [1.165, 1.54) is 16.7 Å². The van der Waals surface area contributed by atoms with Gasteiger partial charge in [-0.05, 0) is 61.2 Å². The molecule has 0 atom stereocenters. The van der Waals surface area contributed by atoms with Gasteiger partial charge < -0.3 is 10.5 Å². The van der Waals surface area contributed by atoms with E-state index >= 15 is 0 Å². The van der Waals surface area contributed by atoms with Crippen molar-refractivity contribution in [3.05, 3.63) is 53.6 Å². The van der Waals surface area contributed by atoms with Crippen molar-refractivity contribution in [3.8, 4) is 16.9 Å². The van der Waals surface area contributed by atoms with Gasteiger partial charge in [-0.2, -0.15) is 0 Å². The molecule has 2 heteroatoms. The van der Waals surface area contributed by atoms with E-state index in [2.05, 4.69) is 37.3 Å². The van der Waals surface area contributed by atoms with Crippen molar-refractivity contribution < 1.29 is 4.74 Å². The number of hydrogen-bond donors (Lipinski definition) is 1. The van der Waals surface area contributed by atoms with Crippen LogP contribution in [0.1, 0.15) is 25.0 Å². The minimum Gasteiger partial charge on any atom is -0.491 e. The first kappa shape index (κ1) is 13.6. The molecule has 19 heavy (non-hydrogen) atoms. The molecule has 0 aliphatic heterocycles. The van der Waals surface area contributed by atoms with Gasteiger partial charge in [-0.15, -0.1) is 0 Å². The number of aryl methyl sites for hydroxylation is 1. The number of nitrogens with two attached hydrogens (primary N) is 1. The predicted octanol–water partition coefficient (Wildman–Crippen LogP) is 3.91. The van der Waals surface area contributed by atoms with Gasteiger partial charge in [-0.3, -0.25) is 0 Å². The Kier molecular flexibility index (Phi) is 4.23. The van der Waals surface area contributed by atoms with Crippen LogP contribution in [-0.2, 0) is 6.54 Å². The zero-order chi connectivity index (χ0) is 13.8. The molecule has 0 saturated carbocycles. The Balaban J connectivity index is 2.31. The Hall–Kier alpha value is -1.80. The molecule has 2 nitrogen and oxygen atoms in total. The van der Waals surface area contributed by atoms with Crippen molar-refractivity contribution in [3.63, 3.8) is 0 Å². The molecule has 100 valence electrons. The molecule has 2 rings (SSSR count). The second kappa shape index (κ2) is 5.89. The highest BCUT2D eigenvalue weighted by molar-refractivity contribution is 5.68. The summed E-state index contributed by atoms with van der Waals surface area (Å²) in [4.78, 5) is 0. The van der Waals surface area contributed by atoms with Crippen LogP contribution >= 0.6 is 0 Å². The molecular weight excluding hydrogens is 234 g/mol. The lowest BCUT2D eigenvalue weighted by atomic mass is 9.98. The molecule has 0 amide bonds. The van der Waals surface area contributed by atoms with Gasteiger partial charge in [0.15, 0.2) is 0 Å². The highest BCUT2D eigenvalue weighted by atomic mass is 16.5. The number of ether oxygens (including phenoxy) is 1. The second-order valence-electron chi connectivity index (χ2n) is 5.04. The highest BCUT2D eigenvalue weighted by Crippen LogP contribution is 2.26. The van der Waals surface area contributed by atoms with Crippen LogP contribution in [-0.4, -0.2) is 6.10 Å². The number of hydrogen-bond acceptors (Lipinski definition) is 2. The molecule has 0 saturated heterocycles. The fourth-order valence-corrected chi connectivity index (χ4v) is 2.09. The average Bonchev–Trinajstić information content (AvgIpc) is 2.40. The van der Waals surface area contributed by atoms with Crippen LogP contribution in [0.15, 0.2) is 42.5 Å². The van der Waals surface area contributed by atoms with E-state index in [0.29, 0.717) is 6.54 Å². The van der Waals surface area contributed by atoms with Crippen LogP contribution in [0.3, 0.4) is 0 Å². The lowest BCUT2D eigenvalue weighted by molar-refractivity contribution is 0.242. The molecule has 2 aromatic carbocycles. The molecule has 0 fully saturated rings. The zero-order valence-corrected chi connectivity index (χ0v) is 11.8. The van der Waals surface area contributed by atoms with Crippen LogP contribution in [0.5, 0.6) is 5.75 Å². The molecule has 0 spiro atoms. The quantitative estimate of drug-likeness (QED) is 0.899. The molecule has 0 aliphatic rings. The van der Waals surface area contributed by atoms with Crippen LogP contribution in [0.2, 0.25) is 0 Å². The summed E-state index contributed by atoms with van der Waals surface area (Å²) < 4.78 is 5.66. The topological polar surface area (TPSA) is 35.2 Å². The molecule has 0 radical (unpaired) electrons. The summed E-state index contributed by atoms with van der Waals surface area (Å²) in [5.41, 5.74) is 10.6. The second-order valence-corrected chi connectivity index (χ2v) is 5.04. The normalized spacial score (nSPS) is 10.8. The molecule has 0 bridgehead atoms. The van der Waals surface area contributed by atoms with E-state index in [1.54, 1.807) is 0 Å². The van der Waals surface area contributed by atoms with E-state index in [-0.39, 0.29) is 6.10 Å². The molecule has 2 N–H and O–H groups in total. The van der Waals surface area contributed by atoms with Gasteiger partial charge in [0, 0.05) is 6.54 Å². The smallest absolute Gasteiger partial charge is 0.119 e. The Morgan fingerprint density at radius 1 is 1.05 bits per heavy atom. The summed E-state index contributed by atoms with van der Waals surface area (Å²) in [5, 5.41) is 0. The Morgan fingerprint density at radius 3 is 2.32 bits per heavy atom. The zero-order valence-electron chi connectivity index (χ0n) is 11.8. The van der Waals surface area contributed by atoms with Gasteiger partial charge in [-0.1, -0.05) is 24.3 Å². The van der Waals surface area contributed by atoms with Gasteiger partial charge >= 0.3 is 0 Å². The Labute approximate surface area is 115 Å². The van der Waals surface area contributed by atoms with Crippen molar-refractivity contribution in [2.75, 3.05) is 0 Å². The van der Waals surface area contributed by atoms with E-state index in [9.17, 15) is 0 Å². The molecule has 0 aromatic heterocycles. The maximum absolute atomic E-state index is 5.71. The first-order chi connectivity index (χ1) is 9.10. The van der Waals surface area contributed by atoms with E-state index in [0.717, 1.165) is 11.3 Å². The van der Waals surface area contributed by atoms with Gasteiger partial charge in [0.25, 0.3) is 0 Å². The van der Waals surface area contributed by atoms with Gasteiger partial charge in [-0.25, -0.2) is 0 Å². The van der Waals surface area contributed by atoms with Crippen molar-refractivity contribution in [1.29, 1.82) is 0 Å². The van der Waals surface area contributed by atoms with Crippen molar-refractivity contribution in [1.82, 2.24) is 0 Å². The van der Waals surface area contributed by atoms with Crippen molar-refractivity contribution >= 4 is 0 Å². The Morgan fingerprint density at radius 2 is 1.74 bits per heavy atom. The number of benzene rings is 2. The summed E-state index contributed by atoms with van der Waals surface area (Å²) in [5.74, 6) is 0.909. The van der Waals surface area contributed by atoms with E-state index in [4.69, 9.17) is 10.5 Å². The maximum atomic E-state index is 5.71. The van der Waals surface area contributed by atoms with Crippen molar-refractivity contribution in [2.45, 2.75) is 33.4 Å². The monoisotopic (exact) mass is 255 g/mol. The maximum Gasteiger partial charge on any atom is 0.119 e. The lowest BCUT2D eigenvalue weighted by Gasteiger charge is -2.12. The SMILES string of the molecule is Cc1ccc(CN)cc1-c1ccc(OC(C)C)cc1. The third-order valence-corrected chi connectivity index (χ3v) is 3.07. The van der Waals surface area contributed by atoms with E-state index in [1.807, 2.05) is 26.0 Å². The predicted molar refractivity (Wildman–Crippen MR) is 80.3 cm³/mol. The molecular formula is C17H21NO. The third-order valence-electron chi connectivity index (χ3n) is 3.07. The first-order valence-corrected chi connectivity index (χ1v) is 6.67. The van der Waals surface area contributed by atoms with Crippen LogP contribution in [0.4, 0.5) is 0 Å². The summed E-state index contributed by atoms with van der Waals surface area (Å²) in [6.07, 6.45) is 0.202. The largest absolute Gasteiger partial charge is 0.491 e. The summed E-state index contributed by atoms with van der Waals surface area (Å²) in [6, 6.07) is 14.6. The molecule has 0 aliphatic carbocycles.